The van der Waals surface area contributed by atoms with E-state index in [2.05, 4.69) is 25.7 Å². The molecule has 18 heavy (non-hydrogen) atoms. The van der Waals surface area contributed by atoms with Gasteiger partial charge in [0.25, 0.3) is 0 Å². The lowest BCUT2D eigenvalue weighted by atomic mass is 10.0. The topological polar surface area (TPSA) is 29.3 Å². The van der Waals surface area contributed by atoms with Crippen LogP contribution in [0.25, 0.3) is 0 Å². The molecule has 2 nitrogen and oxygen atoms in total. The maximum atomic E-state index is 13.4. The number of halogens is 1. The molecule has 0 radical (unpaired) electrons. The summed E-state index contributed by atoms with van der Waals surface area (Å²) in [6.07, 6.45) is 2.40. The highest BCUT2D eigenvalue weighted by molar-refractivity contribution is 5.41. The Morgan fingerprint density at radius 1 is 1.22 bits per heavy atom. The van der Waals surface area contributed by atoms with E-state index in [1.165, 1.54) is 12.8 Å². The van der Waals surface area contributed by atoms with Gasteiger partial charge >= 0.3 is 0 Å². The molecule has 1 rings (SSSR count). The van der Waals surface area contributed by atoms with Crippen molar-refractivity contribution in [2.24, 2.45) is 5.92 Å². The summed E-state index contributed by atoms with van der Waals surface area (Å²) >= 11 is 0. The molecule has 2 N–H and O–H groups in total. The normalized spacial score (nSPS) is 11.4. The Hall–Kier alpha value is -1.09. The molecular weight excluding hydrogens is 227 g/mol. The number of hydrogen-bond acceptors (Lipinski definition) is 2. The Morgan fingerprint density at radius 3 is 2.39 bits per heavy atom. The van der Waals surface area contributed by atoms with Crippen molar-refractivity contribution in [3.63, 3.8) is 0 Å². The molecule has 0 amide bonds. The summed E-state index contributed by atoms with van der Waals surface area (Å²) in [7, 11) is 0. The Morgan fingerprint density at radius 2 is 1.89 bits per heavy atom. The van der Waals surface area contributed by atoms with Crippen molar-refractivity contribution in [3.05, 3.63) is 29.6 Å². The predicted molar refractivity (Wildman–Crippen MR) is 75.8 cm³/mol. The number of benzene rings is 1. The number of nitrogen functional groups attached to an aromatic ring is 1. The SMILES string of the molecule is CCC(CC)CN(CC)Cc1ccc(N)c(F)c1. The second-order valence-electron chi connectivity index (χ2n) is 4.87. The van der Waals surface area contributed by atoms with Crippen LogP contribution in [0.15, 0.2) is 18.2 Å². The first kappa shape index (κ1) is 15.0. The molecular formula is C15H25FN2. The van der Waals surface area contributed by atoms with Crippen LogP contribution in [0.1, 0.15) is 39.2 Å². The van der Waals surface area contributed by atoms with Crippen LogP contribution in [0.3, 0.4) is 0 Å². The fourth-order valence-corrected chi connectivity index (χ4v) is 2.14. The van der Waals surface area contributed by atoms with Crippen LogP contribution in [0.5, 0.6) is 0 Å². The van der Waals surface area contributed by atoms with Crippen molar-refractivity contribution in [2.45, 2.75) is 40.2 Å². The first-order valence-corrected chi connectivity index (χ1v) is 6.86. The highest BCUT2D eigenvalue weighted by Gasteiger charge is 2.11. The molecule has 0 aromatic heterocycles. The van der Waals surface area contributed by atoms with Crippen LogP contribution < -0.4 is 5.73 Å². The molecule has 0 aliphatic heterocycles. The maximum absolute atomic E-state index is 13.4. The summed E-state index contributed by atoms with van der Waals surface area (Å²) < 4.78 is 13.4. The molecule has 0 spiro atoms. The second kappa shape index (κ2) is 7.37. The zero-order chi connectivity index (χ0) is 13.5. The minimum atomic E-state index is -0.314. The highest BCUT2D eigenvalue weighted by Crippen LogP contribution is 2.16. The summed E-state index contributed by atoms with van der Waals surface area (Å²) in [5.74, 6) is 0.412. The van der Waals surface area contributed by atoms with Gasteiger partial charge in [-0.15, -0.1) is 0 Å². The summed E-state index contributed by atoms with van der Waals surface area (Å²) in [5.41, 5.74) is 6.71. The smallest absolute Gasteiger partial charge is 0.146 e. The third kappa shape index (κ3) is 4.30. The maximum Gasteiger partial charge on any atom is 0.146 e. The molecule has 0 atom stereocenters. The summed E-state index contributed by atoms with van der Waals surface area (Å²) in [4.78, 5) is 2.36. The van der Waals surface area contributed by atoms with Gasteiger partial charge in [-0.25, -0.2) is 4.39 Å². The third-order valence-corrected chi connectivity index (χ3v) is 3.59. The number of anilines is 1. The Labute approximate surface area is 110 Å². The first-order valence-electron chi connectivity index (χ1n) is 6.86. The van der Waals surface area contributed by atoms with Crippen molar-refractivity contribution in [3.8, 4) is 0 Å². The lowest BCUT2D eigenvalue weighted by Crippen LogP contribution is -2.28. The Balaban J connectivity index is 2.64. The van der Waals surface area contributed by atoms with E-state index in [-0.39, 0.29) is 11.5 Å². The molecule has 0 heterocycles. The average molecular weight is 252 g/mol. The third-order valence-electron chi connectivity index (χ3n) is 3.59. The van der Waals surface area contributed by atoms with Crippen LogP contribution in [0, 0.1) is 11.7 Å². The van der Waals surface area contributed by atoms with E-state index < -0.39 is 0 Å². The van der Waals surface area contributed by atoms with Gasteiger partial charge in [0.1, 0.15) is 5.82 Å². The molecule has 0 saturated heterocycles. The van der Waals surface area contributed by atoms with E-state index in [4.69, 9.17) is 5.73 Å². The lowest BCUT2D eigenvalue weighted by molar-refractivity contribution is 0.226. The molecule has 0 saturated carbocycles. The molecule has 0 aliphatic carbocycles. The van der Waals surface area contributed by atoms with Crippen molar-refractivity contribution in [1.29, 1.82) is 0 Å². The largest absolute Gasteiger partial charge is 0.396 e. The van der Waals surface area contributed by atoms with Crippen molar-refractivity contribution < 1.29 is 4.39 Å². The van der Waals surface area contributed by atoms with Crippen LogP contribution in [-0.2, 0) is 6.54 Å². The number of hydrogen-bond donors (Lipinski definition) is 1. The van der Waals surface area contributed by atoms with Crippen LogP contribution in [0.4, 0.5) is 10.1 Å². The molecule has 0 unspecified atom stereocenters. The van der Waals surface area contributed by atoms with E-state index in [0.717, 1.165) is 31.1 Å². The van der Waals surface area contributed by atoms with Gasteiger partial charge in [0.05, 0.1) is 5.69 Å². The van der Waals surface area contributed by atoms with Gasteiger partial charge in [-0.2, -0.15) is 0 Å². The Kier molecular flexibility index (Phi) is 6.13. The van der Waals surface area contributed by atoms with Gasteiger partial charge in [0, 0.05) is 13.1 Å². The molecule has 1 aromatic carbocycles. The van der Waals surface area contributed by atoms with E-state index in [1.807, 2.05) is 6.07 Å². The van der Waals surface area contributed by atoms with Gasteiger partial charge in [-0.3, -0.25) is 4.90 Å². The van der Waals surface area contributed by atoms with Crippen LogP contribution in [-0.4, -0.2) is 18.0 Å². The van der Waals surface area contributed by atoms with Crippen molar-refractivity contribution >= 4 is 5.69 Å². The quantitative estimate of drug-likeness (QED) is 0.750. The van der Waals surface area contributed by atoms with Crippen LogP contribution in [0.2, 0.25) is 0 Å². The van der Waals surface area contributed by atoms with Gasteiger partial charge in [-0.1, -0.05) is 39.7 Å². The predicted octanol–water partition coefficient (Wildman–Crippen LogP) is 3.67. The summed E-state index contributed by atoms with van der Waals surface area (Å²) in [5, 5.41) is 0. The monoisotopic (exact) mass is 252 g/mol. The fraction of sp³-hybridized carbons (Fsp3) is 0.600. The van der Waals surface area contributed by atoms with E-state index in [9.17, 15) is 4.39 Å². The standard InChI is InChI=1S/C15H25FN2/c1-4-12(5-2)10-18(6-3)11-13-7-8-15(17)14(16)9-13/h7-9,12H,4-6,10-11,17H2,1-3H3. The van der Waals surface area contributed by atoms with Crippen molar-refractivity contribution in [1.82, 2.24) is 4.90 Å². The zero-order valence-corrected chi connectivity index (χ0v) is 11.7. The number of rotatable bonds is 7. The molecule has 1 aromatic rings. The molecule has 0 bridgehead atoms. The van der Waals surface area contributed by atoms with Gasteiger partial charge < -0.3 is 5.73 Å². The number of nitrogens with two attached hydrogens (primary N) is 1. The van der Waals surface area contributed by atoms with E-state index in [0.29, 0.717) is 0 Å². The van der Waals surface area contributed by atoms with E-state index in [1.54, 1.807) is 12.1 Å². The molecule has 102 valence electrons. The summed E-state index contributed by atoms with van der Waals surface area (Å²) in [6.45, 7) is 9.47. The van der Waals surface area contributed by atoms with E-state index >= 15 is 0 Å². The van der Waals surface area contributed by atoms with Gasteiger partial charge in [0.15, 0.2) is 0 Å². The zero-order valence-electron chi connectivity index (χ0n) is 11.7. The van der Waals surface area contributed by atoms with Crippen LogP contribution >= 0.6 is 0 Å². The highest BCUT2D eigenvalue weighted by atomic mass is 19.1. The van der Waals surface area contributed by atoms with Crippen molar-refractivity contribution in [2.75, 3.05) is 18.8 Å². The first-order chi connectivity index (χ1) is 8.60. The minimum absolute atomic E-state index is 0.224. The second-order valence-corrected chi connectivity index (χ2v) is 4.87. The Bertz CT molecular complexity index is 362. The number of nitrogens with zero attached hydrogens (tertiary/aromatic N) is 1. The average Bonchev–Trinajstić information content (AvgIpc) is 2.38. The molecule has 0 aliphatic rings. The van der Waals surface area contributed by atoms with Gasteiger partial charge in [-0.05, 0) is 30.2 Å². The minimum Gasteiger partial charge on any atom is -0.396 e. The summed E-state index contributed by atoms with van der Waals surface area (Å²) in [6, 6.07) is 5.11. The van der Waals surface area contributed by atoms with Gasteiger partial charge in [0.2, 0.25) is 0 Å². The molecule has 0 fully saturated rings. The lowest BCUT2D eigenvalue weighted by Gasteiger charge is -2.25. The fourth-order valence-electron chi connectivity index (χ4n) is 2.14. The molecule has 3 heteroatoms.